The number of benzene rings is 2. The lowest BCUT2D eigenvalue weighted by Gasteiger charge is -2.35. The maximum absolute atomic E-state index is 13.5. The summed E-state index contributed by atoms with van der Waals surface area (Å²) in [4.78, 5) is 15.7. The monoisotopic (exact) mass is 517 g/mol. The molecule has 0 unspecified atom stereocenters. The first-order chi connectivity index (χ1) is 17.9. The number of hydrogen-bond donors (Lipinski definition) is 1. The SMILES string of the molecule is CC(C)(C)NC(=O)OC1CC(Oc2ccc(C(C)(C)c3ccc(Oc4cc(F)cnc4C#N)cc3)cc2)C1. The molecule has 1 aromatic heterocycles. The molecular formula is C30H32FN3O4. The van der Waals surface area contributed by atoms with Gasteiger partial charge in [0.15, 0.2) is 11.4 Å². The Morgan fingerprint density at radius 1 is 0.974 bits per heavy atom. The predicted octanol–water partition coefficient (Wildman–Crippen LogP) is 6.65. The van der Waals surface area contributed by atoms with Gasteiger partial charge in [0.25, 0.3) is 0 Å². The molecule has 0 saturated heterocycles. The third-order valence-electron chi connectivity index (χ3n) is 6.41. The van der Waals surface area contributed by atoms with Crippen LogP contribution in [0.15, 0.2) is 60.8 Å². The van der Waals surface area contributed by atoms with Crippen molar-refractivity contribution < 1.29 is 23.4 Å². The molecule has 0 bridgehead atoms. The van der Waals surface area contributed by atoms with Crippen molar-refractivity contribution in [3.63, 3.8) is 0 Å². The summed E-state index contributed by atoms with van der Waals surface area (Å²) in [5, 5.41) is 12.0. The molecule has 0 spiro atoms. The number of carbonyl (C=O) groups is 1. The van der Waals surface area contributed by atoms with Crippen LogP contribution in [-0.4, -0.2) is 28.8 Å². The number of aromatic nitrogens is 1. The van der Waals surface area contributed by atoms with E-state index in [0.29, 0.717) is 18.6 Å². The molecule has 38 heavy (non-hydrogen) atoms. The van der Waals surface area contributed by atoms with E-state index in [0.717, 1.165) is 29.1 Å². The van der Waals surface area contributed by atoms with Crippen molar-refractivity contribution in [1.82, 2.24) is 10.3 Å². The molecule has 7 nitrogen and oxygen atoms in total. The van der Waals surface area contributed by atoms with Gasteiger partial charge in [0.1, 0.15) is 35.6 Å². The topological polar surface area (TPSA) is 93.5 Å². The molecule has 1 fully saturated rings. The van der Waals surface area contributed by atoms with Gasteiger partial charge in [-0.1, -0.05) is 38.1 Å². The van der Waals surface area contributed by atoms with Crippen LogP contribution in [0.5, 0.6) is 17.2 Å². The van der Waals surface area contributed by atoms with E-state index in [1.165, 1.54) is 0 Å². The molecule has 1 heterocycles. The van der Waals surface area contributed by atoms with E-state index in [-0.39, 0.29) is 34.6 Å². The number of halogens is 1. The van der Waals surface area contributed by atoms with Crippen molar-refractivity contribution in [1.29, 1.82) is 5.26 Å². The Bertz CT molecular complexity index is 1320. The van der Waals surface area contributed by atoms with Crippen molar-refractivity contribution in [3.8, 4) is 23.3 Å². The van der Waals surface area contributed by atoms with Crippen LogP contribution in [0.4, 0.5) is 9.18 Å². The second-order valence-electron chi connectivity index (χ2n) is 11.0. The highest BCUT2D eigenvalue weighted by atomic mass is 19.1. The average Bonchev–Trinajstić information content (AvgIpc) is 2.82. The zero-order valence-corrected chi connectivity index (χ0v) is 22.2. The fraction of sp³-hybridized carbons (Fsp3) is 0.367. The van der Waals surface area contributed by atoms with Crippen molar-refractivity contribution in [2.45, 2.75) is 70.6 Å². The lowest BCUT2D eigenvalue weighted by atomic mass is 9.78. The number of hydrogen-bond acceptors (Lipinski definition) is 6. The molecule has 8 heteroatoms. The first kappa shape index (κ1) is 26.9. The minimum Gasteiger partial charge on any atom is -0.490 e. The van der Waals surface area contributed by atoms with Crippen LogP contribution in [0.1, 0.15) is 64.3 Å². The minimum absolute atomic E-state index is 0.0173. The second-order valence-corrected chi connectivity index (χ2v) is 11.0. The maximum atomic E-state index is 13.5. The maximum Gasteiger partial charge on any atom is 0.407 e. The van der Waals surface area contributed by atoms with Crippen LogP contribution < -0.4 is 14.8 Å². The van der Waals surface area contributed by atoms with Gasteiger partial charge in [0.05, 0.1) is 6.20 Å². The Hall–Kier alpha value is -4.12. The molecule has 0 radical (unpaired) electrons. The van der Waals surface area contributed by atoms with Crippen molar-refractivity contribution in [3.05, 3.63) is 83.4 Å². The Balaban J connectivity index is 1.33. The molecule has 3 aromatic rings. The number of pyridine rings is 1. The number of nitrogens with zero attached hydrogens (tertiary/aromatic N) is 2. The predicted molar refractivity (Wildman–Crippen MR) is 141 cm³/mol. The molecule has 1 aliphatic rings. The summed E-state index contributed by atoms with van der Waals surface area (Å²) in [6.45, 7) is 9.98. The number of alkyl carbamates (subject to hydrolysis) is 1. The molecule has 1 saturated carbocycles. The van der Waals surface area contributed by atoms with Crippen LogP contribution in [0.3, 0.4) is 0 Å². The van der Waals surface area contributed by atoms with Crippen LogP contribution in [0.25, 0.3) is 0 Å². The molecule has 4 rings (SSSR count). The Morgan fingerprint density at radius 2 is 1.55 bits per heavy atom. The van der Waals surface area contributed by atoms with Crippen molar-refractivity contribution in [2.75, 3.05) is 0 Å². The number of nitrogens with one attached hydrogen (secondary N) is 1. The van der Waals surface area contributed by atoms with E-state index in [9.17, 15) is 14.4 Å². The van der Waals surface area contributed by atoms with Gasteiger partial charge >= 0.3 is 6.09 Å². The van der Waals surface area contributed by atoms with Gasteiger partial charge in [0.2, 0.25) is 0 Å². The molecule has 1 aliphatic carbocycles. The molecule has 0 atom stereocenters. The van der Waals surface area contributed by atoms with Gasteiger partial charge < -0.3 is 19.5 Å². The average molecular weight is 518 g/mol. The Morgan fingerprint density at radius 3 is 2.11 bits per heavy atom. The van der Waals surface area contributed by atoms with Crippen LogP contribution in [0, 0.1) is 17.1 Å². The first-order valence-electron chi connectivity index (χ1n) is 12.5. The van der Waals surface area contributed by atoms with Crippen LogP contribution >= 0.6 is 0 Å². The first-order valence-corrected chi connectivity index (χ1v) is 12.5. The van der Waals surface area contributed by atoms with Gasteiger partial charge in [0, 0.05) is 29.9 Å². The van der Waals surface area contributed by atoms with E-state index < -0.39 is 11.9 Å². The van der Waals surface area contributed by atoms with Crippen molar-refractivity contribution >= 4 is 6.09 Å². The van der Waals surface area contributed by atoms with Crippen LogP contribution in [-0.2, 0) is 10.2 Å². The smallest absolute Gasteiger partial charge is 0.407 e. The number of ether oxygens (including phenoxy) is 3. The molecular weight excluding hydrogens is 485 g/mol. The number of nitriles is 1. The Kier molecular flexibility index (Phi) is 7.58. The zero-order chi connectivity index (χ0) is 27.5. The number of amides is 1. The standard InChI is InChI=1S/C30H32FN3O4/c1-29(2,3)34-28(35)38-25-15-24(16-25)36-22-10-6-19(7-11-22)30(4,5)20-8-12-23(13-9-20)37-27-14-21(31)18-33-26(27)17-32/h6-14,18,24-25H,15-16H2,1-5H3,(H,34,35). The molecule has 2 aromatic carbocycles. The molecule has 198 valence electrons. The quantitative estimate of drug-likeness (QED) is 0.377. The van der Waals surface area contributed by atoms with Crippen LogP contribution in [0.2, 0.25) is 0 Å². The lowest BCUT2D eigenvalue weighted by Crippen LogP contribution is -2.46. The molecule has 0 aliphatic heterocycles. The normalized spacial score (nSPS) is 17.1. The summed E-state index contributed by atoms with van der Waals surface area (Å²) in [6, 6.07) is 18.5. The van der Waals surface area contributed by atoms with Crippen molar-refractivity contribution in [2.24, 2.45) is 0 Å². The summed E-state index contributed by atoms with van der Waals surface area (Å²) in [5.74, 6) is 0.759. The van der Waals surface area contributed by atoms with Gasteiger partial charge in [-0.25, -0.2) is 14.2 Å². The summed E-state index contributed by atoms with van der Waals surface area (Å²) in [7, 11) is 0. The summed E-state index contributed by atoms with van der Waals surface area (Å²) < 4.78 is 30.7. The van der Waals surface area contributed by atoms with E-state index in [1.807, 2.05) is 63.2 Å². The molecule has 1 amide bonds. The lowest BCUT2D eigenvalue weighted by molar-refractivity contribution is -0.0243. The fourth-order valence-corrected chi connectivity index (χ4v) is 4.16. The van der Waals surface area contributed by atoms with E-state index in [1.54, 1.807) is 12.1 Å². The highest BCUT2D eigenvalue weighted by Gasteiger charge is 2.34. The van der Waals surface area contributed by atoms with E-state index >= 15 is 0 Å². The second kappa shape index (κ2) is 10.7. The van der Waals surface area contributed by atoms with E-state index in [2.05, 4.69) is 24.1 Å². The minimum atomic E-state index is -0.571. The van der Waals surface area contributed by atoms with Gasteiger partial charge in [-0.2, -0.15) is 5.26 Å². The highest BCUT2D eigenvalue weighted by molar-refractivity contribution is 5.68. The number of rotatable bonds is 7. The van der Waals surface area contributed by atoms with E-state index in [4.69, 9.17) is 14.2 Å². The largest absolute Gasteiger partial charge is 0.490 e. The van der Waals surface area contributed by atoms with Gasteiger partial charge in [-0.15, -0.1) is 0 Å². The summed E-state index contributed by atoms with van der Waals surface area (Å²) >= 11 is 0. The van der Waals surface area contributed by atoms with Gasteiger partial charge in [-0.05, 0) is 56.2 Å². The molecule has 1 N–H and O–H groups in total. The highest BCUT2D eigenvalue weighted by Crippen LogP contribution is 2.35. The zero-order valence-electron chi connectivity index (χ0n) is 22.2. The summed E-state index contributed by atoms with van der Waals surface area (Å²) in [5.41, 5.74) is 1.56. The summed E-state index contributed by atoms with van der Waals surface area (Å²) in [6.07, 6.45) is 1.81. The van der Waals surface area contributed by atoms with Gasteiger partial charge in [-0.3, -0.25) is 0 Å². The third kappa shape index (κ3) is 6.60. The fourth-order valence-electron chi connectivity index (χ4n) is 4.16. The number of carbonyl (C=O) groups excluding carboxylic acids is 1. The Labute approximate surface area is 222 Å². The third-order valence-corrected chi connectivity index (χ3v) is 6.41.